The van der Waals surface area contributed by atoms with Gasteiger partial charge < -0.3 is 5.11 Å². The van der Waals surface area contributed by atoms with Crippen molar-refractivity contribution in [2.24, 2.45) is 0 Å². The number of aryl methyl sites for hydroxylation is 2. The summed E-state index contributed by atoms with van der Waals surface area (Å²) >= 11 is 0. The molecule has 0 aliphatic carbocycles. The molecule has 0 amide bonds. The van der Waals surface area contributed by atoms with E-state index >= 15 is 0 Å². The molecule has 0 bridgehead atoms. The van der Waals surface area contributed by atoms with Gasteiger partial charge in [0.1, 0.15) is 5.75 Å². The molecule has 0 fully saturated rings. The topological polar surface area (TPSA) is 23.5 Å². The van der Waals surface area contributed by atoms with Gasteiger partial charge in [-0.1, -0.05) is 32.4 Å². The molecule has 0 saturated carbocycles. The first-order valence-electron chi connectivity index (χ1n) is 7.52. The average Bonchev–Trinajstić information content (AvgIpc) is 2.39. The van der Waals surface area contributed by atoms with Crippen LogP contribution < -0.4 is 0 Å². The summed E-state index contributed by atoms with van der Waals surface area (Å²) in [5, 5.41) is 9.85. The predicted molar refractivity (Wildman–Crippen MR) is 82.7 cm³/mol. The van der Waals surface area contributed by atoms with Crippen molar-refractivity contribution >= 4 is 0 Å². The average molecular weight is 263 g/mol. The number of rotatable bonds is 7. The molecule has 2 heteroatoms. The third kappa shape index (κ3) is 4.54. The van der Waals surface area contributed by atoms with Crippen molar-refractivity contribution in [1.29, 1.82) is 0 Å². The Morgan fingerprint density at radius 2 is 1.74 bits per heavy atom. The summed E-state index contributed by atoms with van der Waals surface area (Å²) in [7, 11) is 0. The molecular weight excluding hydrogens is 234 g/mol. The third-order valence-corrected chi connectivity index (χ3v) is 3.95. The molecule has 0 radical (unpaired) electrons. The van der Waals surface area contributed by atoms with Crippen molar-refractivity contribution in [2.45, 2.75) is 66.5 Å². The zero-order chi connectivity index (χ0) is 14.4. The number of phenols is 1. The molecule has 1 N–H and O–H groups in total. The highest BCUT2D eigenvalue weighted by molar-refractivity contribution is 5.42. The Labute approximate surface area is 118 Å². The second-order valence-corrected chi connectivity index (χ2v) is 5.66. The van der Waals surface area contributed by atoms with Crippen LogP contribution in [0.2, 0.25) is 0 Å². The molecule has 2 nitrogen and oxygen atoms in total. The Bertz CT molecular complexity index is 377. The summed E-state index contributed by atoms with van der Waals surface area (Å²) < 4.78 is 0. The van der Waals surface area contributed by atoms with Crippen LogP contribution in [0.4, 0.5) is 0 Å². The predicted octanol–water partition coefficient (Wildman–Crippen LogP) is 4.41. The van der Waals surface area contributed by atoms with Crippen LogP contribution in [-0.2, 0) is 6.54 Å². The minimum Gasteiger partial charge on any atom is -0.507 e. The van der Waals surface area contributed by atoms with Gasteiger partial charge in [0.15, 0.2) is 0 Å². The maximum Gasteiger partial charge on any atom is 0.121 e. The van der Waals surface area contributed by atoms with Gasteiger partial charge in [-0.15, -0.1) is 0 Å². The summed E-state index contributed by atoms with van der Waals surface area (Å²) in [5.41, 5.74) is 3.27. The van der Waals surface area contributed by atoms with Crippen LogP contribution in [0.5, 0.6) is 5.75 Å². The fourth-order valence-electron chi connectivity index (χ4n) is 2.45. The molecule has 1 unspecified atom stereocenters. The standard InChI is InChI=1S/C17H29NO/c1-6-8-9-18(15(5)7-2)12-16-10-13(3)17(19)14(4)11-16/h10-11,15,19H,6-9,12H2,1-5H3. The molecule has 1 aromatic rings. The van der Waals surface area contributed by atoms with E-state index in [0.717, 1.165) is 24.2 Å². The molecule has 0 aromatic heterocycles. The Morgan fingerprint density at radius 3 is 2.21 bits per heavy atom. The number of nitrogens with zero attached hydrogens (tertiary/aromatic N) is 1. The molecular formula is C17H29NO. The van der Waals surface area contributed by atoms with E-state index < -0.39 is 0 Å². The summed E-state index contributed by atoms with van der Waals surface area (Å²) in [5.74, 6) is 0.437. The van der Waals surface area contributed by atoms with E-state index in [4.69, 9.17) is 0 Å². The fourth-order valence-corrected chi connectivity index (χ4v) is 2.45. The lowest BCUT2D eigenvalue weighted by Gasteiger charge is -2.28. The molecule has 1 atom stereocenters. The van der Waals surface area contributed by atoms with Gasteiger partial charge in [-0.3, -0.25) is 4.90 Å². The minimum atomic E-state index is 0.437. The van der Waals surface area contributed by atoms with Crippen LogP contribution in [0.1, 0.15) is 56.7 Å². The molecule has 0 aliphatic rings. The highest BCUT2D eigenvalue weighted by Gasteiger charge is 2.13. The summed E-state index contributed by atoms with van der Waals surface area (Å²) in [4.78, 5) is 2.55. The quantitative estimate of drug-likeness (QED) is 0.787. The number of hydrogen-bond donors (Lipinski definition) is 1. The molecule has 1 rings (SSSR count). The van der Waals surface area contributed by atoms with Crippen molar-refractivity contribution in [3.63, 3.8) is 0 Å². The summed E-state index contributed by atoms with van der Waals surface area (Å²) in [6, 6.07) is 4.84. The highest BCUT2D eigenvalue weighted by atomic mass is 16.3. The Kier molecular flexibility index (Phi) is 6.36. The summed E-state index contributed by atoms with van der Waals surface area (Å²) in [6.45, 7) is 12.9. The normalized spacial score (nSPS) is 12.9. The number of phenolic OH excluding ortho intramolecular Hbond substituents is 1. The van der Waals surface area contributed by atoms with E-state index in [1.807, 2.05) is 13.8 Å². The SMILES string of the molecule is CCCCN(Cc1cc(C)c(O)c(C)c1)C(C)CC. The molecule has 0 spiro atoms. The maximum atomic E-state index is 9.85. The molecule has 1 aromatic carbocycles. The van der Waals surface area contributed by atoms with Gasteiger partial charge in [0, 0.05) is 12.6 Å². The van der Waals surface area contributed by atoms with E-state index in [2.05, 4.69) is 37.8 Å². The molecule has 108 valence electrons. The van der Waals surface area contributed by atoms with Crippen molar-refractivity contribution < 1.29 is 5.11 Å². The molecule has 0 aliphatic heterocycles. The van der Waals surface area contributed by atoms with E-state index in [1.54, 1.807) is 0 Å². The monoisotopic (exact) mass is 263 g/mol. The lowest BCUT2D eigenvalue weighted by molar-refractivity contribution is 0.192. The molecule has 19 heavy (non-hydrogen) atoms. The second kappa shape index (κ2) is 7.54. The second-order valence-electron chi connectivity index (χ2n) is 5.66. The van der Waals surface area contributed by atoms with E-state index in [1.165, 1.54) is 24.8 Å². The largest absolute Gasteiger partial charge is 0.507 e. The first kappa shape index (κ1) is 16.0. The number of benzene rings is 1. The van der Waals surface area contributed by atoms with Crippen molar-refractivity contribution in [3.8, 4) is 5.75 Å². The van der Waals surface area contributed by atoms with Crippen LogP contribution in [-0.4, -0.2) is 22.6 Å². The van der Waals surface area contributed by atoms with Gasteiger partial charge >= 0.3 is 0 Å². The van der Waals surface area contributed by atoms with E-state index in [0.29, 0.717) is 11.8 Å². The summed E-state index contributed by atoms with van der Waals surface area (Å²) in [6.07, 6.45) is 3.67. The van der Waals surface area contributed by atoms with Gasteiger partial charge in [-0.25, -0.2) is 0 Å². The van der Waals surface area contributed by atoms with Crippen LogP contribution in [0, 0.1) is 13.8 Å². The van der Waals surface area contributed by atoms with E-state index in [9.17, 15) is 5.11 Å². The lowest BCUT2D eigenvalue weighted by Crippen LogP contribution is -2.33. The zero-order valence-electron chi connectivity index (χ0n) is 13.2. The molecule has 0 saturated heterocycles. The van der Waals surface area contributed by atoms with Crippen LogP contribution >= 0.6 is 0 Å². The van der Waals surface area contributed by atoms with Gasteiger partial charge in [-0.05, 0) is 56.8 Å². The van der Waals surface area contributed by atoms with Crippen LogP contribution in [0.25, 0.3) is 0 Å². The smallest absolute Gasteiger partial charge is 0.121 e. The number of aromatic hydroxyl groups is 1. The zero-order valence-corrected chi connectivity index (χ0v) is 13.2. The Hall–Kier alpha value is -1.02. The van der Waals surface area contributed by atoms with Crippen LogP contribution in [0.15, 0.2) is 12.1 Å². The first-order chi connectivity index (χ1) is 8.99. The van der Waals surface area contributed by atoms with Gasteiger partial charge in [0.05, 0.1) is 0 Å². The third-order valence-electron chi connectivity index (χ3n) is 3.95. The number of unbranched alkanes of at least 4 members (excludes halogenated alkanes) is 1. The maximum absolute atomic E-state index is 9.85. The van der Waals surface area contributed by atoms with Gasteiger partial charge in [-0.2, -0.15) is 0 Å². The van der Waals surface area contributed by atoms with Gasteiger partial charge in [0.2, 0.25) is 0 Å². The number of hydrogen-bond acceptors (Lipinski definition) is 2. The Balaban J connectivity index is 2.83. The fraction of sp³-hybridized carbons (Fsp3) is 0.647. The van der Waals surface area contributed by atoms with Gasteiger partial charge in [0.25, 0.3) is 0 Å². The lowest BCUT2D eigenvalue weighted by atomic mass is 10.0. The molecule has 0 heterocycles. The van der Waals surface area contributed by atoms with Crippen molar-refractivity contribution in [3.05, 3.63) is 28.8 Å². The van der Waals surface area contributed by atoms with Crippen molar-refractivity contribution in [1.82, 2.24) is 4.90 Å². The minimum absolute atomic E-state index is 0.437. The highest BCUT2D eigenvalue weighted by Crippen LogP contribution is 2.24. The first-order valence-corrected chi connectivity index (χ1v) is 7.52. The van der Waals surface area contributed by atoms with Crippen LogP contribution in [0.3, 0.4) is 0 Å². The van der Waals surface area contributed by atoms with Crippen molar-refractivity contribution in [2.75, 3.05) is 6.54 Å². The van der Waals surface area contributed by atoms with E-state index in [-0.39, 0.29) is 0 Å². The Morgan fingerprint density at radius 1 is 1.16 bits per heavy atom.